The zero-order valence-corrected chi connectivity index (χ0v) is 15.6. The van der Waals surface area contributed by atoms with Gasteiger partial charge in [0, 0.05) is 0 Å². The van der Waals surface area contributed by atoms with E-state index in [9.17, 15) is 4.79 Å². The van der Waals surface area contributed by atoms with Crippen molar-refractivity contribution >= 4 is 5.97 Å². The third kappa shape index (κ3) is 5.05. The fourth-order valence-corrected chi connectivity index (χ4v) is 2.99. The number of pyridine rings is 1. The second kappa shape index (κ2) is 7.87. The van der Waals surface area contributed by atoms with Crippen LogP contribution in [0.25, 0.3) is 0 Å². The van der Waals surface area contributed by atoms with Crippen molar-refractivity contribution in [2.75, 3.05) is 13.1 Å². The first-order valence-electron chi connectivity index (χ1n) is 9.09. The number of benzene rings is 1. The zero-order valence-electron chi connectivity index (χ0n) is 15.6. The molecule has 1 fully saturated rings. The van der Waals surface area contributed by atoms with Crippen molar-refractivity contribution in [2.45, 2.75) is 45.1 Å². The molecule has 2 aromatic rings. The lowest BCUT2D eigenvalue weighted by Gasteiger charge is -2.23. The molecule has 0 radical (unpaired) electrons. The summed E-state index contributed by atoms with van der Waals surface area (Å²) in [4.78, 5) is 16.1. The van der Waals surface area contributed by atoms with Crippen molar-refractivity contribution in [3.8, 4) is 11.5 Å². The molecule has 0 bridgehead atoms. The summed E-state index contributed by atoms with van der Waals surface area (Å²) in [5.74, 6) is 1.54. The van der Waals surface area contributed by atoms with Crippen molar-refractivity contribution in [2.24, 2.45) is 0 Å². The van der Waals surface area contributed by atoms with E-state index in [2.05, 4.69) is 22.4 Å². The number of nitrogens with one attached hydrogen (secondary N) is 1. The molecule has 1 saturated heterocycles. The third-order valence-corrected chi connectivity index (χ3v) is 4.27. The Morgan fingerprint density at radius 2 is 1.69 bits per heavy atom. The average Bonchev–Trinajstić information content (AvgIpc) is 2.62. The van der Waals surface area contributed by atoms with Gasteiger partial charge in [-0.3, -0.25) is 0 Å². The van der Waals surface area contributed by atoms with E-state index < -0.39 is 11.6 Å². The number of aromatic nitrogens is 1. The zero-order chi connectivity index (χ0) is 18.6. The summed E-state index contributed by atoms with van der Waals surface area (Å²) in [7, 11) is 0. The van der Waals surface area contributed by atoms with Crippen LogP contribution in [0.5, 0.6) is 11.5 Å². The van der Waals surface area contributed by atoms with E-state index in [-0.39, 0.29) is 5.69 Å². The van der Waals surface area contributed by atoms with Crippen LogP contribution in [0.1, 0.15) is 55.6 Å². The van der Waals surface area contributed by atoms with Crippen LogP contribution < -0.4 is 10.1 Å². The van der Waals surface area contributed by atoms with Crippen LogP contribution in [0.15, 0.2) is 42.6 Å². The second-order valence-corrected chi connectivity index (χ2v) is 7.58. The molecule has 26 heavy (non-hydrogen) atoms. The van der Waals surface area contributed by atoms with Crippen LogP contribution in [-0.2, 0) is 4.74 Å². The van der Waals surface area contributed by atoms with E-state index in [4.69, 9.17) is 9.47 Å². The molecule has 5 heteroatoms. The van der Waals surface area contributed by atoms with Gasteiger partial charge >= 0.3 is 5.97 Å². The molecule has 0 aliphatic carbocycles. The van der Waals surface area contributed by atoms with Crippen LogP contribution in [0, 0.1) is 0 Å². The highest BCUT2D eigenvalue weighted by Gasteiger charge is 2.19. The van der Waals surface area contributed by atoms with Crippen molar-refractivity contribution in [3.63, 3.8) is 0 Å². The minimum Gasteiger partial charge on any atom is -0.456 e. The highest BCUT2D eigenvalue weighted by molar-refractivity contribution is 5.87. The predicted molar refractivity (Wildman–Crippen MR) is 101 cm³/mol. The molecule has 0 atom stereocenters. The van der Waals surface area contributed by atoms with Crippen LogP contribution in [-0.4, -0.2) is 29.6 Å². The molecule has 5 nitrogen and oxygen atoms in total. The van der Waals surface area contributed by atoms with Crippen molar-refractivity contribution < 1.29 is 14.3 Å². The van der Waals surface area contributed by atoms with E-state index in [1.807, 2.05) is 32.9 Å². The molecule has 1 aromatic heterocycles. The van der Waals surface area contributed by atoms with E-state index in [0.717, 1.165) is 18.8 Å². The molecular weight excluding hydrogens is 328 g/mol. The Bertz CT molecular complexity index is 727. The maximum absolute atomic E-state index is 12.0. The predicted octanol–water partition coefficient (Wildman–Crippen LogP) is 4.30. The van der Waals surface area contributed by atoms with E-state index in [1.54, 1.807) is 18.3 Å². The molecule has 3 rings (SSSR count). The Balaban J connectivity index is 1.61. The molecule has 1 aliphatic heterocycles. The molecule has 1 aromatic carbocycles. The van der Waals surface area contributed by atoms with Crippen molar-refractivity contribution in [1.29, 1.82) is 0 Å². The quantitative estimate of drug-likeness (QED) is 0.830. The Hall–Kier alpha value is -2.40. The molecule has 2 heterocycles. The lowest BCUT2D eigenvalue weighted by atomic mass is 9.90. The normalized spacial score (nSPS) is 15.5. The van der Waals surface area contributed by atoms with E-state index >= 15 is 0 Å². The Labute approximate surface area is 154 Å². The van der Waals surface area contributed by atoms with Gasteiger partial charge in [0.1, 0.15) is 22.8 Å². The summed E-state index contributed by atoms with van der Waals surface area (Å²) in [6, 6.07) is 11.6. The summed E-state index contributed by atoms with van der Waals surface area (Å²) in [5, 5.41) is 3.39. The lowest BCUT2D eigenvalue weighted by molar-refractivity contribution is 0.00628. The van der Waals surface area contributed by atoms with Crippen molar-refractivity contribution in [1.82, 2.24) is 10.3 Å². The monoisotopic (exact) mass is 354 g/mol. The Morgan fingerprint density at radius 1 is 1.04 bits per heavy atom. The van der Waals surface area contributed by atoms with Crippen molar-refractivity contribution in [3.05, 3.63) is 53.9 Å². The third-order valence-electron chi connectivity index (χ3n) is 4.27. The van der Waals surface area contributed by atoms with Crippen LogP contribution >= 0.6 is 0 Å². The highest BCUT2D eigenvalue weighted by Crippen LogP contribution is 2.28. The van der Waals surface area contributed by atoms with Crippen LogP contribution in [0.4, 0.5) is 0 Å². The summed E-state index contributed by atoms with van der Waals surface area (Å²) < 4.78 is 11.1. The summed E-state index contributed by atoms with van der Waals surface area (Å²) in [6.07, 6.45) is 3.90. The van der Waals surface area contributed by atoms with Gasteiger partial charge in [0.15, 0.2) is 0 Å². The molecule has 1 N–H and O–H groups in total. The molecule has 138 valence electrons. The van der Waals surface area contributed by atoms with Gasteiger partial charge in [0.2, 0.25) is 0 Å². The molecule has 0 saturated carbocycles. The fourth-order valence-electron chi connectivity index (χ4n) is 2.99. The average molecular weight is 354 g/mol. The minimum atomic E-state index is -0.538. The number of carbonyl (C=O) groups is 1. The first-order valence-corrected chi connectivity index (χ1v) is 9.09. The lowest BCUT2D eigenvalue weighted by Crippen LogP contribution is -2.26. The van der Waals surface area contributed by atoms with Gasteiger partial charge in [-0.1, -0.05) is 12.1 Å². The number of ether oxygens (including phenoxy) is 2. The van der Waals surface area contributed by atoms with Gasteiger partial charge in [-0.05, 0) is 82.4 Å². The summed E-state index contributed by atoms with van der Waals surface area (Å²) in [6.45, 7) is 7.65. The van der Waals surface area contributed by atoms with Gasteiger partial charge in [0.05, 0.1) is 6.20 Å². The SMILES string of the molecule is CC(C)(C)OC(=O)c1ccc(Oc2ccc(C3CCNCC3)cc2)cn1. The number of nitrogens with zero attached hydrogens (tertiary/aromatic N) is 1. The maximum atomic E-state index is 12.0. The molecular formula is C21H26N2O3. The highest BCUT2D eigenvalue weighted by atomic mass is 16.6. The molecule has 0 unspecified atom stereocenters. The molecule has 0 spiro atoms. The Morgan fingerprint density at radius 3 is 2.27 bits per heavy atom. The molecule has 1 aliphatic rings. The van der Waals surface area contributed by atoms with Gasteiger partial charge < -0.3 is 14.8 Å². The van der Waals surface area contributed by atoms with Gasteiger partial charge in [-0.25, -0.2) is 9.78 Å². The van der Waals surface area contributed by atoms with Gasteiger partial charge in [-0.2, -0.15) is 0 Å². The summed E-state index contributed by atoms with van der Waals surface area (Å²) >= 11 is 0. The maximum Gasteiger partial charge on any atom is 0.357 e. The second-order valence-electron chi connectivity index (χ2n) is 7.58. The van der Waals surface area contributed by atoms with E-state index in [1.165, 1.54) is 18.4 Å². The van der Waals surface area contributed by atoms with E-state index in [0.29, 0.717) is 11.7 Å². The summed E-state index contributed by atoms with van der Waals surface area (Å²) in [5.41, 5.74) is 1.09. The minimum absolute atomic E-state index is 0.272. The number of carbonyl (C=O) groups excluding carboxylic acids is 1. The standard InChI is InChI=1S/C21H26N2O3/c1-21(2,3)26-20(24)19-9-8-18(14-23-19)25-17-6-4-15(5-7-17)16-10-12-22-13-11-16/h4-9,14,16,22H,10-13H2,1-3H3. The largest absolute Gasteiger partial charge is 0.456 e. The number of hydrogen-bond acceptors (Lipinski definition) is 5. The number of rotatable bonds is 4. The topological polar surface area (TPSA) is 60.5 Å². The smallest absolute Gasteiger partial charge is 0.357 e. The number of hydrogen-bond donors (Lipinski definition) is 1. The van der Waals surface area contributed by atoms with Gasteiger partial charge in [0.25, 0.3) is 0 Å². The van der Waals surface area contributed by atoms with Gasteiger partial charge in [-0.15, -0.1) is 0 Å². The van der Waals surface area contributed by atoms with Crippen LogP contribution in [0.3, 0.4) is 0 Å². The molecule has 0 amide bonds. The first-order chi connectivity index (χ1) is 12.4. The number of piperidine rings is 1. The fraction of sp³-hybridized carbons (Fsp3) is 0.429. The Kier molecular flexibility index (Phi) is 5.57. The number of esters is 1. The van der Waals surface area contributed by atoms with Crippen LogP contribution in [0.2, 0.25) is 0 Å². The first kappa shape index (κ1) is 18.4.